The van der Waals surface area contributed by atoms with Gasteiger partial charge in [-0.25, -0.2) is 8.78 Å². The maximum Gasteiger partial charge on any atom is 0.163 e. The van der Waals surface area contributed by atoms with Crippen LogP contribution in [0.15, 0.2) is 42.5 Å². The van der Waals surface area contributed by atoms with Gasteiger partial charge in [0.2, 0.25) is 0 Å². The van der Waals surface area contributed by atoms with Crippen LogP contribution in [0.25, 0.3) is 0 Å². The summed E-state index contributed by atoms with van der Waals surface area (Å²) in [6.45, 7) is 7.19. The first-order valence-corrected chi connectivity index (χ1v) is 9.23. The molecule has 0 N–H and O–H groups in total. The van der Waals surface area contributed by atoms with Crippen LogP contribution in [0.1, 0.15) is 30.5 Å². The number of rotatable bonds is 9. The monoisotopic (exact) mass is 360 g/mol. The number of halogens is 2. The molecular weight excluding hydrogens is 330 g/mol. The molecular formula is C22H30F2N2. The summed E-state index contributed by atoms with van der Waals surface area (Å²) in [5, 5.41) is 0. The third-order valence-electron chi connectivity index (χ3n) is 4.33. The summed E-state index contributed by atoms with van der Waals surface area (Å²) in [7, 11) is 4.04. The summed E-state index contributed by atoms with van der Waals surface area (Å²) in [6, 6.07) is 13.0. The maximum absolute atomic E-state index is 14.1. The summed E-state index contributed by atoms with van der Waals surface area (Å²) in [5.74, 6) is -0.915. The summed E-state index contributed by atoms with van der Waals surface area (Å²) < 4.78 is 27.6. The summed E-state index contributed by atoms with van der Waals surface area (Å²) in [6.07, 6.45) is 1.05. The van der Waals surface area contributed by atoms with Gasteiger partial charge in [-0.2, -0.15) is 0 Å². The van der Waals surface area contributed by atoms with Crippen LogP contribution in [0.2, 0.25) is 0 Å². The minimum Gasteiger partial charge on any atom is -0.308 e. The lowest BCUT2D eigenvalue weighted by atomic mass is 10.0. The number of likely N-dealkylation sites (N-methyl/N-ethyl adjacent to an activating group) is 1. The van der Waals surface area contributed by atoms with Crippen LogP contribution >= 0.6 is 0 Å². The third kappa shape index (κ3) is 6.50. The van der Waals surface area contributed by atoms with Gasteiger partial charge in [-0.15, -0.1) is 0 Å². The molecule has 0 aliphatic rings. The molecule has 26 heavy (non-hydrogen) atoms. The maximum atomic E-state index is 14.1. The Balaban J connectivity index is 2.15. The second kappa shape index (κ2) is 9.79. The molecule has 0 saturated heterocycles. The van der Waals surface area contributed by atoms with Gasteiger partial charge < -0.3 is 4.90 Å². The molecule has 2 aromatic carbocycles. The predicted molar refractivity (Wildman–Crippen MR) is 104 cm³/mol. The molecule has 0 unspecified atom stereocenters. The van der Waals surface area contributed by atoms with Gasteiger partial charge >= 0.3 is 0 Å². The van der Waals surface area contributed by atoms with Crippen LogP contribution < -0.4 is 0 Å². The van der Waals surface area contributed by atoms with Crippen molar-refractivity contribution in [3.63, 3.8) is 0 Å². The molecule has 0 spiro atoms. The van der Waals surface area contributed by atoms with Crippen LogP contribution in [-0.2, 0) is 19.5 Å². The number of benzene rings is 2. The number of nitrogens with zero attached hydrogens (tertiary/aromatic N) is 2. The van der Waals surface area contributed by atoms with E-state index in [0.717, 1.165) is 26.1 Å². The number of hydrogen-bond donors (Lipinski definition) is 0. The van der Waals surface area contributed by atoms with Gasteiger partial charge in [-0.3, -0.25) is 4.90 Å². The summed E-state index contributed by atoms with van der Waals surface area (Å²) in [4.78, 5) is 4.27. The first-order valence-electron chi connectivity index (χ1n) is 9.23. The highest BCUT2D eigenvalue weighted by atomic mass is 19.2. The van der Waals surface area contributed by atoms with Crippen molar-refractivity contribution < 1.29 is 8.78 Å². The second-order valence-electron chi connectivity index (χ2n) is 7.64. The average Bonchev–Trinajstić information content (AvgIpc) is 2.56. The predicted octanol–water partition coefficient (Wildman–Crippen LogP) is 4.73. The minimum atomic E-state index is -0.783. The van der Waals surface area contributed by atoms with Crippen molar-refractivity contribution in [2.75, 3.05) is 27.2 Å². The molecule has 0 atom stereocenters. The SMILES string of the molecule is CC(C)Cc1cccc(CN(CCN(C)C)Cc2cccc(F)c2F)c1. The highest BCUT2D eigenvalue weighted by molar-refractivity contribution is 5.24. The lowest BCUT2D eigenvalue weighted by molar-refractivity contribution is 0.223. The summed E-state index contributed by atoms with van der Waals surface area (Å²) in [5.41, 5.74) is 2.93. The molecule has 2 aromatic rings. The average molecular weight is 360 g/mol. The van der Waals surface area contributed by atoms with E-state index < -0.39 is 11.6 Å². The van der Waals surface area contributed by atoms with Gasteiger partial charge in [-0.05, 0) is 43.6 Å². The van der Waals surface area contributed by atoms with Crippen LogP contribution in [0.4, 0.5) is 8.78 Å². The molecule has 0 amide bonds. The van der Waals surface area contributed by atoms with Gasteiger partial charge in [0.25, 0.3) is 0 Å². The molecule has 0 aliphatic carbocycles. The topological polar surface area (TPSA) is 6.48 Å². The van der Waals surface area contributed by atoms with Crippen LogP contribution in [0.3, 0.4) is 0 Å². The second-order valence-corrected chi connectivity index (χ2v) is 7.64. The number of hydrogen-bond acceptors (Lipinski definition) is 2. The van der Waals surface area contributed by atoms with E-state index in [1.54, 1.807) is 12.1 Å². The van der Waals surface area contributed by atoms with Crippen molar-refractivity contribution in [3.8, 4) is 0 Å². The Morgan fingerprint density at radius 3 is 2.27 bits per heavy atom. The molecule has 0 fully saturated rings. The van der Waals surface area contributed by atoms with Crippen LogP contribution in [-0.4, -0.2) is 37.0 Å². The zero-order valence-electron chi connectivity index (χ0n) is 16.3. The Morgan fingerprint density at radius 1 is 0.885 bits per heavy atom. The Kier molecular flexibility index (Phi) is 7.73. The first kappa shape index (κ1) is 20.5. The van der Waals surface area contributed by atoms with E-state index in [4.69, 9.17) is 0 Å². The quantitative estimate of drug-likeness (QED) is 0.638. The van der Waals surface area contributed by atoms with Crippen molar-refractivity contribution in [2.24, 2.45) is 5.92 Å². The smallest absolute Gasteiger partial charge is 0.163 e. The van der Waals surface area contributed by atoms with Crippen molar-refractivity contribution >= 4 is 0 Å². The highest BCUT2D eigenvalue weighted by Crippen LogP contribution is 2.17. The van der Waals surface area contributed by atoms with E-state index >= 15 is 0 Å². The fourth-order valence-electron chi connectivity index (χ4n) is 3.05. The Morgan fingerprint density at radius 2 is 1.58 bits per heavy atom. The third-order valence-corrected chi connectivity index (χ3v) is 4.33. The van der Waals surface area contributed by atoms with Gasteiger partial charge in [0, 0.05) is 31.7 Å². The zero-order valence-corrected chi connectivity index (χ0v) is 16.3. The van der Waals surface area contributed by atoms with Crippen molar-refractivity contribution in [3.05, 3.63) is 70.8 Å². The highest BCUT2D eigenvalue weighted by Gasteiger charge is 2.13. The standard InChI is InChI=1S/C22H30F2N2/c1-17(2)13-18-7-5-8-19(14-18)15-26(12-11-25(3)4)16-20-9-6-10-21(23)22(20)24/h5-10,14,17H,11-13,15-16H2,1-4H3. The van der Waals surface area contributed by atoms with Gasteiger partial charge in [0.15, 0.2) is 11.6 Å². The zero-order chi connectivity index (χ0) is 19.1. The summed E-state index contributed by atoms with van der Waals surface area (Å²) >= 11 is 0. The molecule has 0 heterocycles. The molecule has 0 bridgehead atoms. The van der Waals surface area contributed by atoms with Crippen molar-refractivity contribution in [1.29, 1.82) is 0 Å². The largest absolute Gasteiger partial charge is 0.308 e. The van der Waals surface area contributed by atoms with E-state index in [-0.39, 0.29) is 0 Å². The van der Waals surface area contributed by atoms with Gasteiger partial charge in [0.1, 0.15) is 0 Å². The van der Waals surface area contributed by atoms with E-state index in [1.165, 1.54) is 17.2 Å². The molecule has 0 aromatic heterocycles. The molecule has 0 aliphatic heterocycles. The lowest BCUT2D eigenvalue weighted by Gasteiger charge is -2.25. The van der Waals surface area contributed by atoms with E-state index in [9.17, 15) is 8.78 Å². The van der Waals surface area contributed by atoms with Crippen molar-refractivity contribution in [2.45, 2.75) is 33.4 Å². The molecule has 4 heteroatoms. The molecule has 0 radical (unpaired) electrons. The molecule has 2 rings (SSSR count). The first-order chi connectivity index (χ1) is 12.3. The van der Waals surface area contributed by atoms with Crippen LogP contribution in [0.5, 0.6) is 0 Å². The lowest BCUT2D eigenvalue weighted by Crippen LogP contribution is -2.31. The normalized spacial score (nSPS) is 11.7. The van der Waals surface area contributed by atoms with Crippen molar-refractivity contribution in [1.82, 2.24) is 9.80 Å². The molecule has 2 nitrogen and oxygen atoms in total. The Bertz CT molecular complexity index is 698. The van der Waals surface area contributed by atoms with E-state index in [0.29, 0.717) is 18.0 Å². The van der Waals surface area contributed by atoms with E-state index in [2.05, 4.69) is 47.9 Å². The minimum absolute atomic E-state index is 0.395. The fourth-order valence-corrected chi connectivity index (χ4v) is 3.05. The molecule has 142 valence electrons. The Hall–Kier alpha value is -1.78. The van der Waals surface area contributed by atoms with Gasteiger partial charge in [-0.1, -0.05) is 50.2 Å². The van der Waals surface area contributed by atoms with E-state index in [1.807, 2.05) is 14.1 Å². The molecule has 0 saturated carbocycles. The van der Waals surface area contributed by atoms with Crippen LogP contribution in [0, 0.1) is 17.6 Å². The Labute approximate surface area is 156 Å². The fraction of sp³-hybridized carbons (Fsp3) is 0.455. The van der Waals surface area contributed by atoms with Gasteiger partial charge in [0.05, 0.1) is 0 Å².